The van der Waals surface area contributed by atoms with E-state index in [1.54, 1.807) is 10.9 Å². The van der Waals surface area contributed by atoms with Gasteiger partial charge in [0.05, 0.1) is 12.9 Å². The van der Waals surface area contributed by atoms with Gasteiger partial charge in [-0.15, -0.1) is 0 Å². The second-order valence-electron chi connectivity index (χ2n) is 4.07. The van der Waals surface area contributed by atoms with Crippen LogP contribution in [0.15, 0.2) is 11.1 Å². The molecule has 0 aliphatic heterocycles. The maximum atomic E-state index is 11.9. The molecule has 7 heteroatoms. The first kappa shape index (κ1) is 12.6. The molecule has 2 heterocycles. The van der Waals surface area contributed by atoms with Crippen molar-refractivity contribution in [1.82, 2.24) is 19.1 Å². The van der Waals surface area contributed by atoms with E-state index in [4.69, 9.17) is 5.11 Å². The quantitative estimate of drug-likeness (QED) is 0.778. The van der Waals surface area contributed by atoms with E-state index in [2.05, 4.69) is 15.3 Å². The molecule has 0 aliphatic carbocycles. The van der Waals surface area contributed by atoms with E-state index < -0.39 is 0 Å². The second kappa shape index (κ2) is 5.18. The Labute approximate surface area is 104 Å². The second-order valence-corrected chi connectivity index (χ2v) is 4.07. The highest BCUT2D eigenvalue weighted by Crippen LogP contribution is 2.17. The number of aromatic nitrogens is 4. The zero-order valence-electron chi connectivity index (χ0n) is 10.6. The SMILES string of the molecule is CCCn1c(=O)nc(NCCO)c2c1ncn2C. The fourth-order valence-corrected chi connectivity index (χ4v) is 1.91. The van der Waals surface area contributed by atoms with Gasteiger partial charge >= 0.3 is 5.69 Å². The summed E-state index contributed by atoms with van der Waals surface area (Å²) in [5, 5.41) is 11.8. The van der Waals surface area contributed by atoms with E-state index in [-0.39, 0.29) is 12.3 Å². The molecule has 2 N–H and O–H groups in total. The highest BCUT2D eigenvalue weighted by atomic mass is 16.3. The van der Waals surface area contributed by atoms with Crippen LogP contribution in [-0.2, 0) is 13.6 Å². The molecular formula is C11H17N5O2. The van der Waals surface area contributed by atoms with E-state index in [1.165, 1.54) is 0 Å². The van der Waals surface area contributed by atoms with Gasteiger partial charge in [-0.25, -0.2) is 9.78 Å². The van der Waals surface area contributed by atoms with Crippen LogP contribution in [0.2, 0.25) is 0 Å². The molecule has 0 bridgehead atoms. The monoisotopic (exact) mass is 251 g/mol. The molecule has 0 unspecified atom stereocenters. The van der Waals surface area contributed by atoms with Gasteiger partial charge in [0.25, 0.3) is 0 Å². The number of hydrogen-bond acceptors (Lipinski definition) is 5. The van der Waals surface area contributed by atoms with Crippen molar-refractivity contribution in [2.75, 3.05) is 18.5 Å². The molecule has 7 nitrogen and oxygen atoms in total. The van der Waals surface area contributed by atoms with Gasteiger partial charge in [-0.05, 0) is 6.42 Å². The number of nitrogens with zero attached hydrogens (tertiary/aromatic N) is 4. The Balaban J connectivity index is 2.62. The normalized spacial score (nSPS) is 11.1. The number of imidazole rings is 1. The van der Waals surface area contributed by atoms with Gasteiger partial charge in [-0.1, -0.05) is 6.92 Å². The lowest BCUT2D eigenvalue weighted by molar-refractivity contribution is 0.311. The molecule has 0 aromatic carbocycles. The third kappa shape index (κ3) is 2.08. The standard InChI is InChI=1S/C11H17N5O2/c1-3-5-16-10-8(15(2)7-13-10)9(12-4-6-17)14-11(16)18/h7,17H,3-6H2,1-2H3,(H,12,14,18). The summed E-state index contributed by atoms with van der Waals surface area (Å²) in [6.07, 6.45) is 2.50. The third-order valence-electron chi connectivity index (χ3n) is 2.69. The third-order valence-corrected chi connectivity index (χ3v) is 2.69. The molecule has 98 valence electrons. The smallest absolute Gasteiger partial charge is 0.351 e. The van der Waals surface area contributed by atoms with Gasteiger partial charge in [0.15, 0.2) is 11.5 Å². The Morgan fingerprint density at radius 3 is 2.94 bits per heavy atom. The summed E-state index contributed by atoms with van der Waals surface area (Å²) in [7, 11) is 1.85. The summed E-state index contributed by atoms with van der Waals surface area (Å²) >= 11 is 0. The van der Waals surface area contributed by atoms with E-state index in [0.29, 0.717) is 24.6 Å². The summed E-state index contributed by atoms with van der Waals surface area (Å²) in [4.78, 5) is 20.2. The maximum absolute atomic E-state index is 11.9. The molecule has 2 rings (SSSR count). The van der Waals surface area contributed by atoms with Crippen LogP contribution in [0.1, 0.15) is 13.3 Å². The van der Waals surface area contributed by atoms with Crippen molar-refractivity contribution in [3.05, 3.63) is 16.8 Å². The topological polar surface area (TPSA) is 85.0 Å². The van der Waals surface area contributed by atoms with Crippen LogP contribution in [0.3, 0.4) is 0 Å². The van der Waals surface area contributed by atoms with Crippen LogP contribution in [0, 0.1) is 0 Å². The number of aliphatic hydroxyl groups excluding tert-OH is 1. The fourth-order valence-electron chi connectivity index (χ4n) is 1.91. The average molecular weight is 251 g/mol. The number of rotatable bonds is 5. The first-order valence-corrected chi connectivity index (χ1v) is 5.95. The van der Waals surface area contributed by atoms with Gasteiger partial charge in [0, 0.05) is 20.1 Å². The first-order chi connectivity index (χ1) is 8.69. The first-order valence-electron chi connectivity index (χ1n) is 5.95. The molecular weight excluding hydrogens is 234 g/mol. The molecule has 18 heavy (non-hydrogen) atoms. The van der Waals surface area contributed by atoms with Crippen LogP contribution < -0.4 is 11.0 Å². The Morgan fingerprint density at radius 2 is 2.28 bits per heavy atom. The van der Waals surface area contributed by atoms with Crippen molar-refractivity contribution in [1.29, 1.82) is 0 Å². The maximum Gasteiger partial charge on any atom is 0.351 e. The molecule has 2 aromatic heterocycles. The van der Waals surface area contributed by atoms with Crippen LogP contribution >= 0.6 is 0 Å². The minimum absolute atomic E-state index is 0.0148. The summed E-state index contributed by atoms with van der Waals surface area (Å²) in [5.74, 6) is 0.469. The van der Waals surface area contributed by atoms with Crippen LogP contribution in [0.5, 0.6) is 0 Å². The van der Waals surface area contributed by atoms with Crippen LogP contribution in [-0.4, -0.2) is 37.4 Å². The van der Waals surface area contributed by atoms with Gasteiger partial charge in [-0.3, -0.25) is 4.57 Å². The average Bonchev–Trinajstić information content (AvgIpc) is 2.73. The number of hydrogen-bond donors (Lipinski definition) is 2. The van der Waals surface area contributed by atoms with Crippen molar-refractivity contribution in [3.8, 4) is 0 Å². The minimum atomic E-state index is -0.316. The zero-order valence-corrected chi connectivity index (χ0v) is 10.6. The van der Waals surface area contributed by atoms with Crippen molar-refractivity contribution >= 4 is 17.0 Å². The Kier molecular flexibility index (Phi) is 3.61. The highest BCUT2D eigenvalue weighted by Gasteiger charge is 2.13. The highest BCUT2D eigenvalue weighted by molar-refractivity contribution is 5.83. The number of aliphatic hydroxyl groups is 1. The molecule has 0 atom stereocenters. The largest absolute Gasteiger partial charge is 0.395 e. The predicted molar refractivity (Wildman–Crippen MR) is 68.6 cm³/mol. The van der Waals surface area contributed by atoms with E-state index in [9.17, 15) is 4.79 Å². The van der Waals surface area contributed by atoms with Crippen molar-refractivity contribution in [2.24, 2.45) is 7.05 Å². The minimum Gasteiger partial charge on any atom is -0.395 e. The van der Waals surface area contributed by atoms with Gasteiger partial charge < -0.3 is 15.0 Å². The van der Waals surface area contributed by atoms with Gasteiger partial charge in [0.1, 0.15) is 5.52 Å². The number of aryl methyl sites for hydroxylation is 2. The van der Waals surface area contributed by atoms with Crippen molar-refractivity contribution in [2.45, 2.75) is 19.9 Å². The predicted octanol–water partition coefficient (Wildman–Crippen LogP) is -0.0558. The number of fused-ring (bicyclic) bond motifs is 1. The molecule has 0 fully saturated rings. The molecule has 2 aromatic rings. The van der Waals surface area contributed by atoms with Crippen molar-refractivity contribution < 1.29 is 5.11 Å². The van der Waals surface area contributed by atoms with E-state index in [0.717, 1.165) is 11.9 Å². The lowest BCUT2D eigenvalue weighted by atomic mass is 10.4. The molecule has 0 spiro atoms. The Hall–Kier alpha value is -1.89. The number of nitrogens with one attached hydrogen (secondary N) is 1. The summed E-state index contributed by atoms with van der Waals surface area (Å²) < 4.78 is 3.38. The van der Waals surface area contributed by atoms with E-state index >= 15 is 0 Å². The zero-order chi connectivity index (χ0) is 13.1. The molecule has 0 radical (unpaired) electrons. The fraction of sp³-hybridized carbons (Fsp3) is 0.545. The van der Waals surface area contributed by atoms with Crippen LogP contribution in [0.4, 0.5) is 5.82 Å². The molecule has 0 saturated heterocycles. The molecule has 0 saturated carbocycles. The lowest BCUT2D eigenvalue weighted by Crippen LogP contribution is -2.25. The molecule has 0 amide bonds. The summed E-state index contributed by atoms with van der Waals surface area (Å²) in [5.41, 5.74) is 1.08. The van der Waals surface area contributed by atoms with Gasteiger partial charge in [-0.2, -0.15) is 4.98 Å². The Morgan fingerprint density at radius 1 is 1.50 bits per heavy atom. The number of anilines is 1. The molecule has 0 aliphatic rings. The Bertz CT molecular complexity index is 601. The summed E-state index contributed by atoms with van der Waals surface area (Å²) in [6.45, 7) is 2.93. The van der Waals surface area contributed by atoms with Gasteiger partial charge in [0.2, 0.25) is 0 Å². The van der Waals surface area contributed by atoms with Crippen LogP contribution in [0.25, 0.3) is 11.2 Å². The lowest BCUT2D eigenvalue weighted by Gasteiger charge is -2.09. The van der Waals surface area contributed by atoms with E-state index in [1.807, 2.05) is 18.5 Å². The van der Waals surface area contributed by atoms with Crippen molar-refractivity contribution in [3.63, 3.8) is 0 Å². The summed E-state index contributed by atoms with van der Waals surface area (Å²) in [6, 6.07) is 0.